The zero-order valence-corrected chi connectivity index (χ0v) is 9.95. The molecule has 1 fully saturated rings. The van der Waals surface area contributed by atoms with Crippen LogP contribution in [0.15, 0.2) is 12.3 Å². The third kappa shape index (κ3) is 2.59. The van der Waals surface area contributed by atoms with Crippen LogP contribution in [0.4, 0.5) is 0 Å². The fourth-order valence-electron chi connectivity index (χ4n) is 1.80. The molecule has 0 radical (unpaired) electrons. The maximum atomic E-state index is 4.42. The largest absolute Gasteiger partial charge is 0.306 e. The Morgan fingerprint density at radius 3 is 2.73 bits per heavy atom. The van der Waals surface area contributed by atoms with E-state index < -0.39 is 0 Å². The standard InChI is InChI=1S/C12H21N3/c1-12(2,3)13-9-11-7-8-14-15(11)10-5-4-6-10/h7-8,10,13H,4-6,9H2,1-3H3. The van der Waals surface area contributed by atoms with Gasteiger partial charge < -0.3 is 5.32 Å². The Hall–Kier alpha value is -0.830. The molecule has 1 saturated carbocycles. The normalized spacial score (nSPS) is 17.8. The van der Waals surface area contributed by atoms with Crippen molar-refractivity contribution in [2.45, 2.75) is 58.2 Å². The quantitative estimate of drug-likeness (QED) is 0.825. The molecular weight excluding hydrogens is 186 g/mol. The van der Waals surface area contributed by atoms with Crippen LogP contribution in [0.2, 0.25) is 0 Å². The minimum atomic E-state index is 0.175. The van der Waals surface area contributed by atoms with Gasteiger partial charge in [0.25, 0.3) is 0 Å². The van der Waals surface area contributed by atoms with Crippen LogP contribution in [-0.4, -0.2) is 15.3 Å². The smallest absolute Gasteiger partial charge is 0.0525 e. The monoisotopic (exact) mass is 207 g/mol. The predicted octanol–water partition coefficient (Wildman–Crippen LogP) is 2.50. The Bertz CT molecular complexity index is 318. The van der Waals surface area contributed by atoms with E-state index in [0.717, 1.165) is 6.54 Å². The highest BCUT2D eigenvalue weighted by molar-refractivity contribution is 5.03. The van der Waals surface area contributed by atoms with Crippen LogP contribution in [0.25, 0.3) is 0 Å². The van der Waals surface area contributed by atoms with E-state index in [-0.39, 0.29) is 5.54 Å². The van der Waals surface area contributed by atoms with Crippen molar-refractivity contribution in [2.75, 3.05) is 0 Å². The minimum absolute atomic E-state index is 0.175. The molecule has 84 valence electrons. The fourth-order valence-corrected chi connectivity index (χ4v) is 1.80. The summed E-state index contributed by atoms with van der Waals surface area (Å²) >= 11 is 0. The summed E-state index contributed by atoms with van der Waals surface area (Å²) in [4.78, 5) is 0. The Balaban J connectivity index is 1.98. The van der Waals surface area contributed by atoms with E-state index >= 15 is 0 Å². The van der Waals surface area contributed by atoms with E-state index in [2.05, 4.69) is 41.9 Å². The van der Waals surface area contributed by atoms with Crippen LogP contribution in [0, 0.1) is 0 Å². The minimum Gasteiger partial charge on any atom is -0.306 e. The average Bonchev–Trinajstić information content (AvgIpc) is 2.44. The maximum absolute atomic E-state index is 4.42. The van der Waals surface area contributed by atoms with Crippen molar-refractivity contribution in [1.29, 1.82) is 0 Å². The molecule has 1 aliphatic carbocycles. The van der Waals surface area contributed by atoms with Crippen molar-refractivity contribution in [3.63, 3.8) is 0 Å². The molecule has 0 unspecified atom stereocenters. The van der Waals surface area contributed by atoms with Gasteiger partial charge in [0.05, 0.1) is 11.7 Å². The van der Waals surface area contributed by atoms with Crippen molar-refractivity contribution in [1.82, 2.24) is 15.1 Å². The third-order valence-electron chi connectivity index (χ3n) is 2.97. The van der Waals surface area contributed by atoms with Gasteiger partial charge >= 0.3 is 0 Å². The van der Waals surface area contributed by atoms with Gasteiger partial charge in [-0.2, -0.15) is 5.10 Å². The molecule has 2 rings (SSSR count). The average molecular weight is 207 g/mol. The van der Waals surface area contributed by atoms with Crippen molar-refractivity contribution >= 4 is 0 Å². The van der Waals surface area contributed by atoms with E-state index in [1.807, 2.05) is 6.20 Å². The molecule has 1 aliphatic rings. The second kappa shape index (κ2) is 3.97. The summed E-state index contributed by atoms with van der Waals surface area (Å²) in [5.74, 6) is 0. The second-order valence-electron chi connectivity index (χ2n) is 5.46. The Kier molecular flexibility index (Phi) is 2.83. The topological polar surface area (TPSA) is 29.9 Å². The highest BCUT2D eigenvalue weighted by Crippen LogP contribution is 2.31. The van der Waals surface area contributed by atoms with Crippen LogP contribution < -0.4 is 5.32 Å². The van der Waals surface area contributed by atoms with Gasteiger partial charge in [0.2, 0.25) is 0 Å². The van der Waals surface area contributed by atoms with Crippen molar-refractivity contribution < 1.29 is 0 Å². The van der Waals surface area contributed by atoms with Crippen LogP contribution in [0.1, 0.15) is 51.8 Å². The number of hydrogen-bond acceptors (Lipinski definition) is 2. The molecule has 1 heterocycles. The molecule has 3 nitrogen and oxygen atoms in total. The molecule has 0 saturated heterocycles. The van der Waals surface area contributed by atoms with Crippen molar-refractivity contribution in [3.8, 4) is 0 Å². The van der Waals surface area contributed by atoms with E-state index in [4.69, 9.17) is 0 Å². The van der Waals surface area contributed by atoms with Gasteiger partial charge in [-0.15, -0.1) is 0 Å². The van der Waals surface area contributed by atoms with Gasteiger partial charge in [-0.3, -0.25) is 4.68 Å². The SMILES string of the molecule is CC(C)(C)NCc1ccnn1C1CCC1. The molecule has 0 bridgehead atoms. The zero-order chi connectivity index (χ0) is 10.9. The zero-order valence-electron chi connectivity index (χ0n) is 9.95. The summed E-state index contributed by atoms with van der Waals surface area (Å²) < 4.78 is 2.20. The first kappa shape index (κ1) is 10.7. The Morgan fingerprint density at radius 1 is 1.47 bits per heavy atom. The van der Waals surface area contributed by atoms with Gasteiger partial charge in [-0.05, 0) is 46.1 Å². The van der Waals surface area contributed by atoms with Crippen molar-refractivity contribution in [3.05, 3.63) is 18.0 Å². The number of nitrogens with zero attached hydrogens (tertiary/aromatic N) is 2. The maximum Gasteiger partial charge on any atom is 0.0525 e. The van der Waals surface area contributed by atoms with E-state index in [0.29, 0.717) is 6.04 Å². The summed E-state index contributed by atoms with van der Waals surface area (Å²) in [5, 5.41) is 7.92. The summed E-state index contributed by atoms with van der Waals surface area (Å²) in [7, 11) is 0. The van der Waals surface area contributed by atoms with Gasteiger partial charge in [0.1, 0.15) is 0 Å². The molecule has 3 heteroatoms. The van der Waals surface area contributed by atoms with Crippen LogP contribution >= 0.6 is 0 Å². The molecule has 0 atom stereocenters. The van der Waals surface area contributed by atoms with Gasteiger partial charge in [-0.1, -0.05) is 0 Å². The Morgan fingerprint density at radius 2 is 2.20 bits per heavy atom. The van der Waals surface area contributed by atoms with Crippen LogP contribution in [0.3, 0.4) is 0 Å². The molecule has 1 aromatic heterocycles. The van der Waals surface area contributed by atoms with Gasteiger partial charge in [0, 0.05) is 18.3 Å². The molecule has 15 heavy (non-hydrogen) atoms. The first-order valence-electron chi connectivity index (χ1n) is 5.84. The lowest BCUT2D eigenvalue weighted by molar-refractivity contribution is 0.277. The Labute approximate surface area is 91.9 Å². The third-order valence-corrected chi connectivity index (χ3v) is 2.97. The van der Waals surface area contributed by atoms with Gasteiger partial charge in [-0.25, -0.2) is 0 Å². The highest BCUT2D eigenvalue weighted by atomic mass is 15.3. The number of hydrogen-bond donors (Lipinski definition) is 1. The summed E-state index contributed by atoms with van der Waals surface area (Å²) in [6.45, 7) is 7.49. The van der Waals surface area contributed by atoms with Crippen LogP contribution in [0.5, 0.6) is 0 Å². The molecule has 0 amide bonds. The summed E-state index contributed by atoms with van der Waals surface area (Å²) in [5.41, 5.74) is 1.49. The molecular formula is C12H21N3. The second-order valence-corrected chi connectivity index (χ2v) is 5.46. The lowest BCUT2D eigenvalue weighted by Crippen LogP contribution is -2.36. The number of rotatable bonds is 3. The first-order chi connectivity index (χ1) is 7.06. The summed E-state index contributed by atoms with van der Waals surface area (Å²) in [6, 6.07) is 2.79. The van der Waals surface area contributed by atoms with Crippen molar-refractivity contribution in [2.24, 2.45) is 0 Å². The molecule has 1 aromatic rings. The van der Waals surface area contributed by atoms with E-state index in [1.54, 1.807) is 0 Å². The predicted molar refractivity (Wildman–Crippen MR) is 61.7 cm³/mol. The summed E-state index contributed by atoms with van der Waals surface area (Å²) in [6.07, 6.45) is 5.86. The van der Waals surface area contributed by atoms with Gasteiger partial charge in [0.15, 0.2) is 0 Å². The van der Waals surface area contributed by atoms with Crippen LogP contribution in [-0.2, 0) is 6.54 Å². The fraction of sp³-hybridized carbons (Fsp3) is 0.750. The lowest BCUT2D eigenvalue weighted by atomic mass is 9.93. The van der Waals surface area contributed by atoms with E-state index in [9.17, 15) is 0 Å². The number of nitrogens with one attached hydrogen (secondary N) is 1. The molecule has 0 aliphatic heterocycles. The number of aromatic nitrogens is 2. The van der Waals surface area contributed by atoms with E-state index in [1.165, 1.54) is 25.0 Å². The highest BCUT2D eigenvalue weighted by Gasteiger charge is 2.22. The molecule has 0 aromatic carbocycles. The lowest BCUT2D eigenvalue weighted by Gasteiger charge is -2.28. The first-order valence-corrected chi connectivity index (χ1v) is 5.84. The molecule has 1 N–H and O–H groups in total. The molecule has 0 spiro atoms.